The molecule has 1 N–H and O–H groups in total. The van der Waals surface area contributed by atoms with E-state index in [9.17, 15) is 0 Å². The lowest BCUT2D eigenvalue weighted by Gasteiger charge is -2.30. The third-order valence-electron chi connectivity index (χ3n) is 3.23. The topological polar surface area (TPSA) is 18.5 Å². The maximum atomic E-state index is 3.29. The Balaban J connectivity index is 2.12. The predicted molar refractivity (Wildman–Crippen MR) is 60.2 cm³/mol. The van der Waals surface area contributed by atoms with Crippen molar-refractivity contribution in [3.63, 3.8) is 0 Å². The van der Waals surface area contributed by atoms with Crippen LogP contribution < -0.4 is 5.32 Å². The zero-order valence-electron chi connectivity index (χ0n) is 9.12. The van der Waals surface area contributed by atoms with Crippen molar-refractivity contribution in [2.24, 2.45) is 0 Å². The van der Waals surface area contributed by atoms with Gasteiger partial charge in [-0.05, 0) is 25.0 Å². The molecule has 3 nitrogen and oxygen atoms in total. The smallest absolute Gasteiger partial charge is 0.120 e. The van der Waals surface area contributed by atoms with Crippen LogP contribution in [-0.2, 0) is 0 Å². The van der Waals surface area contributed by atoms with Gasteiger partial charge in [-0.2, -0.15) is 0 Å². The molecule has 0 aliphatic carbocycles. The zero-order chi connectivity index (χ0) is 10.4. The van der Waals surface area contributed by atoms with Gasteiger partial charge in [-0.15, -0.1) is 0 Å². The summed E-state index contributed by atoms with van der Waals surface area (Å²) in [7, 11) is 2.13. The van der Waals surface area contributed by atoms with Crippen molar-refractivity contribution in [2.45, 2.75) is 13.3 Å². The monoisotopic (exact) mass is 201 g/mol. The van der Waals surface area contributed by atoms with Crippen molar-refractivity contribution in [3.8, 4) is 0 Å². The van der Waals surface area contributed by atoms with Crippen LogP contribution in [0, 0.1) is 0 Å². The van der Waals surface area contributed by atoms with E-state index in [1.54, 1.807) is 0 Å². The van der Waals surface area contributed by atoms with E-state index in [0.717, 1.165) is 13.0 Å². The molecule has 0 bridgehead atoms. The van der Waals surface area contributed by atoms with Gasteiger partial charge in [0.15, 0.2) is 0 Å². The highest BCUT2D eigenvalue weighted by molar-refractivity contribution is 5.49. The van der Waals surface area contributed by atoms with Crippen molar-refractivity contribution in [2.75, 3.05) is 13.6 Å². The van der Waals surface area contributed by atoms with E-state index in [1.807, 2.05) is 0 Å². The highest BCUT2D eigenvalue weighted by Crippen LogP contribution is 2.35. The Labute approximate surface area is 90.0 Å². The molecular weight excluding hydrogens is 186 g/mol. The van der Waals surface area contributed by atoms with Crippen LogP contribution >= 0.6 is 0 Å². The highest BCUT2D eigenvalue weighted by atomic mass is 15.4. The van der Waals surface area contributed by atoms with Crippen LogP contribution in [0.4, 0.5) is 0 Å². The van der Waals surface area contributed by atoms with Crippen molar-refractivity contribution in [1.82, 2.24) is 15.1 Å². The van der Waals surface area contributed by atoms with Crippen LogP contribution in [0.3, 0.4) is 0 Å². The fourth-order valence-corrected chi connectivity index (χ4v) is 2.32. The van der Waals surface area contributed by atoms with Gasteiger partial charge in [0, 0.05) is 43.5 Å². The molecular formula is C12H15N3. The average molecular weight is 201 g/mol. The fraction of sp³-hybridized carbons (Fsp3) is 0.333. The molecule has 0 radical (unpaired) electrons. The summed E-state index contributed by atoms with van der Waals surface area (Å²) in [5, 5.41) is 3.29. The number of rotatable bonds is 0. The van der Waals surface area contributed by atoms with Crippen LogP contribution in [0.5, 0.6) is 0 Å². The summed E-state index contributed by atoms with van der Waals surface area (Å²) in [6, 6.07) is 0. The normalized spacial score (nSPS) is 23.3. The Bertz CT molecular complexity index is 426. The molecule has 0 saturated carbocycles. The molecule has 0 saturated heterocycles. The van der Waals surface area contributed by atoms with Crippen LogP contribution in [0.1, 0.15) is 13.3 Å². The first-order valence-corrected chi connectivity index (χ1v) is 5.33. The van der Waals surface area contributed by atoms with E-state index in [4.69, 9.17) is 0 Å². The second-order valence-corrected chi connectivity index (χ2v) is 4.16. The van der Waals surface area contributed by atoms with E-state index < -0.39 is 0 Å². The minimum atomic E-state index is 1.04. The van der Waals surface area contributed by atoms with Gasteiger partial charge in [0.1, 0.15) is 5.82 Å². The first-order valence-electron chi connectivity index (χ1n) is 5.33. The second-order valence-electron chi connectivity index (χ2n) is 4.16. The van der Waals surface area contributed by atoms with Gasteiger partial charge in [-0.25, -0.2) is 0 Å². The number of nitrogens with zero attached hydrogens (tertiary/aromatic N) is 2. The van der Waals surface area contributed by atoms with Crippen molar-refractivity contribution in [3.05, 3.63) is 47.3 Å². The Hall–Kier alpha value is -1.64. The summed E-state index contributed by atoms with van der Waals surface area (Å²) >= 11 is 0. The summed E-state index contributed by atoms with van der Waals surface area (Å²) in [5.74, 6) is 1.32. The number of nitrogens with one attached hydrogen (secondary N) is 1. The van der Waals surface area contributed by atoms with Gasteiger partial charge in [-0.1, -0.05) is 0 Å². The standard InChI is InChI=1S/C12H15N3/c1-9-8-15-6-4-10-7-13-5-3-11(10)12(15)14(9)2/h4,6-8,13H,3,5H2,1-2H3. The first-order chi connectivity index (χ1) is 7.27. The average Bonchev–Trinajstić information content (AvgIpc) is 2.55. The van der Waals surface area contributed by atoms with Crippen LogP contribution in [0.2, 0.25) is 0 Å². The molecule has 3 heteroatoms. The Morgan fingerprint density at radius 3 is 3.13 bits per heavy atom. The minimum Gasteiger partial charge on any atom is -0.390 e. The molecule has 0 aromatic carbocycles. The molecule has 3 aliphatic rings. The lowest BCUT2D eigenvalue weighted by atomic mass is 9.98. The quantitative estimate of drug-likeness (QED) is 0.643. The summed E-state index contributed by atoms with van der Waals surface area (Å²) in [6.45, 7) is 3.18. The highest BCUT2D eigenvalue weighted by Gasteiger charge is 2.28. The van der Waals surface area contributed by atoms with E-state index >= 15 is 0 Å². The molecule has 0 unspecified atom stereocenters. The maximum Gasteiger partial charge on any atom is 0.120 e. The van der Waals surface area contributed by atoms with E-state index in [0.29, 0.717) is 0 Å². The van der Waals surface area contributed by atoms with Crippen LogP contribution in [-0.4, -0.2) is 23.4 Å². The third kappa shape index (κ3) is 1.12. The summed E-state index contributed by atoms with van der Waals surface area (Å²) in [5.41, 5.74) is 4.07. The molecule has 0 aromatic rings. The van der Waals surface area contributed by atoms with Gasteiger partial charge < -0.3 is 15.1 Å². The summed E-state index contributed by atoms with van der Waals surface area (Å²) in [6.07, 6.45) is 9.70. The van der Waals surface area contributed by atoms with Crippen molar-refractivity contribution >= 4 is 0 Å². The molecule has 3 rings (SSSR count). The molecule has 15 heavy (non-hydrogen) atoms. The van der Waals surface area contributed by atoms with E-state index in [-0.39, 0.29) is 0 Å². The predicted octanol–water partition coefficient (Wildman–Crippen LogP) is 1.71. The fourth-order valence-electron chi connectivity index (χ4n) is 2.32. The molecule has 3 aliphatic heterocycles. The summed E-state index contributed by atoms with van der Waals surface area (Å²) in [4.78, 5) is 4.48. The van der Waals surface area contributed by atoms with Gasteiger partial charge in [0.05, 0.1) is 0 Å². The number of allylic oxidation sites excluding steroid dienone is 3. The Kier molecular flexibility index (Phi) is 1.69. The summed E-state index contributed by atoms with van der Waals surface area (Å²) < 4.78 is 0. The molecule has 78 valence electrons. The second kappa shape index (κ2) is 2.92. The number of hydrogen-bond acceptors (Lipinski definition) is 3. The lowest BCUT2D eigenvalue weighted by molar-refractivity contribution is 0.438. The molecule has 3 heterocycles. The molecule has 0 amide bonds. The maximum absolute atomic E-state index is 3.29. The van der Waals surface area contributed by atoms with E-state index in [1.165, 1.54) is 22.7 Å². The van der Waals surface area contributed by atoms with E-state index in [2.05, 4.69) is 53.8 Å². The first kappa shape index (κ1) is 8.65. The van der Waals surface area contributed by atoms with Crippen LogP contribution in [0.25, 0.3) is 0 Å². The third-order valence-corrected chi connectivity index (χ3v) is 3.23. The molecule has 0 atom stereocenters. The van der Waals surface area contributed by atoms with Crippen LogP contribution in [0.15, 0.2) is 47.3 Å². The van der Waals surface area contributed by atoms with Crippen molar-refractivity contribution < 1.29 is 0 Å². The Morgan fingerprint density at radius 2 is 2.27 bits per heavy atom. The zero-order valence-corrected chi connectivity index (χ0v) is 9.12. The number of hydrogen-bond donors (Lipinski definition) is 1. The van der Waals surface area contributed by atoms with Crippen molar-refractivity contribution in [1.29, 1.82) is 0 Å². The molecule has 0 spiro atoms. The SMILES string of the molecule is CC1=CN2C=CC3=CNCCC3=C2N1C. The minimum absolute atomic E-state index is 1.04. The Morgan fingerprint density at radius 1 is 1.40 bits per heavy atom. The van der Waals surface area contributed by atoms with Gasteiger partial charge in [0.2, 0.25) is 0 Å². The number of fused-ring (bicyclic) bond motifs is 2. The largest absolute Gasteiger partial charge is 0.390 e. The lowest BCUT2D eigenvalue weighted by Crippen LogP contribution is -2.26. The molecule has 0 aromatic heterocycles. The van der Waals surface area contributed by atoms with Gasteiger partial charge >= 0.3 is 0 Å². The van der Waals surface area contributed by atoms with Gasteiger partial charge in [-0.3, -0.25) is 0 Å². The van der Waals surface area contributed by atoms with Gasteiger partial charge in [0.25, 0.3) is 0 Å². The molecule has 0 fully saturated rings.